The van der Waals surface area contributed by atoms with Gasteiger partial charge < -0.3 is 4.57 Å². The molecule has 2 aromatic rings. The Morgan fingerprint density at radius 1 is 1.47 bits per heavy atom. The van der Waals surface area contributed by atoms with Gasteiger partial charge >= 0.3 is 0 Å². The zero-order chi connectivity index (χ0) is 13.8. The summed E-state index contributed by atoms with van der Waals surface area (Å²) in [5.74, 6) is 6.97. The van der Waals surface area contributed by atoms with Crippen LogP contribution >= 0.6 is 11.5 Å². The molecule has 0 amide bonds. The summed E-state index contributed by atoms with van der Waals surface area (Å²) in [6.07, 6.45) is 4.84. The van der Waals surface area contributed by atoms with E-state index in [-0.39, 0.29) is 6.04 Å². The van der Waals surface area contributed by atoms with E-state index in [4.69, 9.17) is 5.84 Å². The summed E-state index contributed by atoms with van der Waals surface area (Å²) in [6.45, 7) is 7.28. The highest BCUT2D eigenvalue weighted by Crippen LogP contribution is 2.29. The number of imidazole rings is 1. The van der Waals surface area contributed by atoms with Gasteiger partial charge in [-0.25, -0.2) is 10.4 Å². The van der Waals surface area contributed by atoms with Crippen molar-refractivity contribution in [1.82, 2.24) is 24.6 Å². The SMILES string of the molecule is CCCn1ccnc1C(NN)c1snnc1C(C)C. The van der Waals surface area contributed by atoms with E-state index in [1.54, 1.807) is 6.20 Å². The lowest BCUT2D eigenvalue weighted by Gasteiger charge is -2.17. The van der Waals surface area contributed by atoms with Gasteiger partial charge in [-0.15, -0.1) is 5.10 Å². The molecule has 0 saturated carbocycles. The third-order valence-electron chi connectivity index (χ3n) is 2.99. The molecule has 1 atom stereocenters. The second-order valence-electron chi connectivity index (χ2n) is 4.76. The van der Waals surface area contributed by atoms with Crippen molar-refractivity contribution in [2.75, 3.05) is 0 Å². The maximum atomic E-state index is 5.74. The minimum absolute atomic E-state index is 0.154. The van der Waals surface area contributed by atoms with Crippen molar-refractivity contribution in [3.63, 3.8) is 0 Å². The Balaban J connectivity index is 2.38. The van der Waals surface area contributed by atoms with Crippen LogP contribution in [0.5, 0.6) is 0 Å². The summed E-state index contributed by atoms with van der Waals surface area (Å²) < 4.78 is 6.18. The topological polar surface area (TPSA) is 81.7 Å². The average Bonchev–Trinajstić information content (AvgIpc) is 3.01. The smallest absolute Gasteiger partial charge is 0.132 e. The lowest BCUT2D eigenvalue weighted by molar-refractivity contribution is 0.545. The molecule has 1 unspecified atom stereocenters. The van der Waals surface area contributed by atoms with Gasteiger partial charge in [0.25, 0.3) is 0 Å². The summed E-state index contributed by atoms with van der Waals surface area (Å²) >= 11 is 1.38. The van der Waals surface area contributed by atoms with E-state index in [0.29, 0.717) is 5.92 Å². The third kappa shape index (κ3) is 2.83. The number of rotatable bonds is 6. The van der Waals surface area contributed by atoms with E-state index in [9.17, 15) is 0 Å². The highest BCUT2D eigenvalue weighted by Gasteiger charge is 2.25. The fourth-order valence-corrected chi connectivity index (χ4v) is 2.95. The van der Waals surface area contributed by atoms with Crippen LogP contribution in [-0.2, 0) is 6.54 Å². The molecule has 6 nitrogen and oxygen atoms in total. The van der Waals surface area contributed by atoms with Crippen molar-refractivity contribution in [3.05, 3.63) is 28.8 Å². The van der Waals surface area contributed by atoms with Crippen LogP contribution in [-0.4, -0.2) is 19.1 Å². The molecule has 0 saturated heterocycles. The predicted octanol–water partition coefficient (Wildman–Crippen LogP) is 1.82. The zero-order valence-corrected chi connectivity index (χ0v) is 12.3. The Labute approximate surface area is 117 Å². The number of aromatic nitrogens is 4. The fraction of sp³-hybridized carbons (Fsp3) is 0.583. The summed E-state index contributed by atoms with van der Waals surface area (Å²) in [5, 5.41) is 4.21. The third-order valence-corrected chi connectivity index (χ3v) is 3.79. The Morgan fingerprint density at radius 2 is 2.26 bits per heavy atom. The Hall–Kier alpha value is -1.31. The number of aryl methyl sites for hydroxylation is 1. The van der Waals surface area contributed by atoms with Gasteiger partial charge in [-0.1, -0.05) is 25.3 Å². The molecule has 104 valence electrons. The van der Waals surface area contributed by atoms with E-state index in [1.165, 1.54) is 11.5 Å². The Morgan fingerprint density at radius 3 is 2.89 bits per heavy atom. The van der Waals surface area contributed by atoms with E-state index in [1.807, 2.05) is 6.20 Å². The largest absolute Gasteiger partial charge is 0.333 e. The number of hydrogen-bond donors (Lipinski definition) is 2. The molecule has 0 aliphatic carbocycles. The lowest BCUT2D eigenvalue weighted by Crippen LogP contribution is -2.31. The first kappa shape index (κ1) is 14.1. The van der Waals surface area contributed by atoms with Crippen molar-refractivity contribution in [2.24, 2.45) is 5.84 Å². The molecule has 2 rings (SSSR count). The van der Waals surface area contributed by atoms with E-state index in [0.717, 1.165) is 29.4 Å². The average molecular weight is 280 g/mol. The van der Waals surface area contributed by atoms with Crippen molar-refractivity contribution >= 4 is 11.5 Å². The van der Waals surface area contributed by atoms with Crippen LogP contribution in [0.4, 0.5) is 0 Å². The van der Waals surface area contributed by atoms with Crippen LogP contribution < -0.4 is 11.3 Å². The molecule has 0 aliphatic heterocycles. The predicted molar refractivity (Wildman–Crippen MR) is 75.7 cm³/mol. The number of hydrogen-bond acceptors (Lipinski definition) is 6. The minimum Gasteiger partial charge on any atom is -0.333 e. The summed E-state index contributed by atoms with van der Waals surface area (Å²) in [5.41, 5.74) is 3.83. The van der Waals surface area contributed by atoms with E-state index in [2.05, 4.69) is 45.3 Å². The molecule has 0 fully saturated rings. The number of nitrogens with zero attached hydrogens (tertiary/aromatic N) is 4. The molecule has 0 bridgehead atoms. The van der Waals surface area contributed by atoms with E-state index < -0.39 is 0 Å². The standard InChI is InChI=1S/C12H20N6S/c1-4-6-18-7-5-14-12(18)10(15-13)11-9(8(2)3)16-17-19-11/h5,7-8,10,15H,4,6,13H2,1-3H3. The molecular formula is C12H20N6S. The molecular weight excluding hydrogens is 260 g/mol. The second kappa shape index (κ2) is 6.23. The van der Waals surface area contributed by atoms with Gasteiger partial charge in [0.2, 0.25) is 0 Å². The molecule has 2 aromatic heterocycles. The van der Waals surface area contributed by atoms with Crippen molar-refractivity contribution < 1.29 is 0 Å². The van der Waals surface area contributed by atoms with Gasteiger partial charge in [0.1, 0.15) is 11.9 Å². The number of hydrazine groups is 1. The molecule has 0 aromatic carbocycles. The van der Waals surface area contributed by atoms with Crippen LogP contribution in [0.15, 0.2) is 12.4 Å². The summed E-state index contributed by atoms with van der Waals surface area (Å²) in [4.78, 5) is 5.48. The van der Waals surface area contributed by atoms with Gasteiger partial charge in [-0.05, 0) is 23.9 Å². The molecule has 0 radical (unpaired) electrons. The molecule has 0 spiro atoms. The Bertz CT molecular complexity index is 518. The van der Waals surface area contributed by atoms with Gasteiger partial charge in [0.05, 0.1) is 10.6 Å². The maximum absolute atomic E-state index is 5.74. The van der Waals surface area contributed by atoms with Gasteiger partial charge in [0.15, 0.2) is 0 Å². The Kier molecular flexibility index (Phi) is 4.62. The molecule has 0 aliphatic rings. The second-order valence-corrected chi connectivity index (χ2v) is 5.54. The fourth-order valence-electron chi connectivity index (χ4n) is 2.08. The zero-order valence-electron chi connectivity index (χ0n) is 11.5. The highest BCUT2D eigenvalue weighted by atomic mass is 32.1. The first-order valence-corrected chi connectivity index (χ1v) is 7.25. The number of nitrogens with one attached hydrogen (secondary N) is 1. The highest BCUT2D eigenvalue weighted by molar-refractivity contribution is 7.05. The van der Waals surface area contributed by atoms with Crippen molar-refractivity contribution in [1.29, 1.82) is 0 Å². The molecule has 2 heterocycles. The maximum Gasteiger partial charge on any atom is 0.132 e. The minimum atomic E-state index is -0.154. The number of nitrogens with two attached hydrogens (primary N) is 1. The summed E-state index contributed by atoms with van der Waals surface area (Å²) in [6, 6.07) is -0.154. The van der Waals surface area contributed by atoms with Gasteiger partial charge in [-0.2, -0.15) is 0 Å². The van der Waals surface area contributed by atoms with Crippen molar-refractivity contribution in [3.8, 4) is 0 Å². The quantitative estimate of drug-likeness (QED) is 0.623. The lowest BCUT2D eigenvalue weighted by atomic mass is 10.1. The summed E-state index contributed by atoms with van der Waals surface area (Å²) in [7, 11) is 0. The first-order valence-electron chi connectivity index (χ1n) is 6.48. The van der Waals surface area contributed by atoms with Crippen molar-refractivity contribution in [2.45, 2.75) is 45.7 Å². The van der Waals surface area contributed by atoms with Crippen LogP contribution in [0.25, 0.3) is 0 Å². The molecule has 19 heavy (non-hydrogen) atoms. The normalized spacial score (nSPS) is 13.1. The van der Waals surface area contributed by atoms with Crippen LogP contribution in [0.1, 0.15) is 55.5 Å². The van der Waals surface area contributed by atoms with Gasteiger partial charge in [-0.3, -0.25) is 5.84 Å². The van der Waals surface area contributed by atoms with Crippen LogP contribution in [0.3, 0.4) is 0 Å². The first-order chi connectivity index (χ1) is 9.19. The van der Waals surface area contributed by atoms with Crippen LogP contribution in [0, 0.1) is 0 Å². The molecule has 3 N–H and O–H groups in total. The molecule has 7 heteroatoms. The van der Waals surface area contributed by atoms with E-state index >= 15 is 0 Å². The van der Waals surface area contributed by atoms with Gasteiger partial charge in [0, 0.05) is 18.9 Å². The monoisotopic (exact) mass is 280 g/mol. The van der Waals surface area contributed by atoms with Crippen LogP contribution in [0.2, 0.25) is 0 Å².